The minimum absolute atomic E-state index is 0.122. The molecule has 0 spiro atoms. The number of ketones is 1. The standard InChI is InChI=1S/C14H17NO2S/c1-14(2,3)12(16)8-13-15-10-6-5-9(17-4)7-11(10)18-13/h5-8,15H,1-4H3/b13-8+. The van der Waals surface area contributed by atoms with Gasteiger partial charge in [-0.25, -0.2) is 0 Å². The largest absolute Gasteiger partial charge is 0.497 e. The van der Waals surface area contributed by atoms with Gasteiger partial charge in [0.15, 0.2) is 5.78 Å². The predicted molar refractivity (Wildman–Crippen MR) is 75.0 cm³/mol. The van der Waals surface area contributed by atoms with Crippen molar-refractivity contribution in [2.45, 2.75) is 25.7 Å². The van der Waals surface area contributed by atoms with Gasteiger partial charge in [-0.2, -0.15) is 0 Å². The number of carbonyl (C=O) groups is 1. The third-order valence-electron chi connectivity index (χ3n) is 2.67. The Hall–Kier alpha value is -1.42. The molecule has 0 aromatic heterocycles. The lowest BCUT2D eigenvalue weighted by atomic mass is 9.91. The normalized spacial score (nSPS) is 16.3. The van der Waals surface area contributed by atoms with Gasteiger partial charge in [-0.3, -0.25) is 4.79 Å². The lowest BCUT2D eigenvalue weighted by Crippen LogP contribution is -2.18. The van der Waals surface area contributed by atoms with Crippen LogP contribution in [0.3, 0.4) is 0 Å². The highest BCUT2D eigenvalue weighted by Crippen LogP contribution is 2.42. The number of hydrogen-bond donors (Lipinski definition) is 1. The summed E-state index contributed by atoms with van der Waals surface area (Å²) in [6.45, 7) is 5.76. The van der Waals surface area contributed by atoms with Crippen LogP contribution < -0.4 is 10.1 Å². The van der Waals surface area contributed by atoms with Gasteiger partial charge in [-0.1, -0.05) is 32.5 Å². The summed E-state index contributed by atoms with van der Waals surface area (Å²) in [5, 5.41) is 4.11. The summed E-state index contributed by atoms with van der Waals surface area (Å²) in [4.78, 5) is 13.0. The van der Waals surface area contributed by atoms with E-state index in [0.29, 0.717) is 0 Å². The highest BCUT2D eigenvalue weighted by atomic mass is 32.2. The molecule has 1 aromatic rings. The Morgan fingerprint density at radius 3 is 2.72 bits per heavy atom. The Morgan fingerprint density at radius 1 is 1.39 bits per heavy atom. The number of carbonyl (C=O) groups excluding carboxylic acids is 1. The number of benzene rings is 1. The van der Waals surface area contributed by atoms with E-state index in [-0.39, 0.29) is 11.2 Å². The van der Waals surface area contributed by atoms with Gasteiger partial charge >= 0.3 is 0 Å². The molecule has 96 valence electrons. The van der Waals surface area contributed by atoms with Crippen LogP contribution in [0, 0.1) is 5.41 Å². The van der Waals surface area contributed by atoms with Crippen LogP contribution in [0.2, 0.25) is 0 Å². The number of thioether (sulfide) groups is 1. The van der Waals surface area contributed by atoms with Crippen LogP contribution >= 0.6 is 11.8 Å². The topological polar surface area (TPSA) is 38.3 Å². The summed E-state index contributed by atoms with van der Waals surface area (Å²) in [5.74, 6) is 0.948. The van der Waals surface area contributed by atoms with E-state index in [4.69, 9.17) is 4.74 Å². The molecular weight excluding hydrogens is 246 g/mol. The Kier molecular flexibility index (Phi) is 3.39. The van der Waals surface area contributed by atoms with E-state index in [2.05, 4.69) is 5.32 Å². The van der Waals surface area contributed by atoms with Gasteiger partial charge in [-0.05, 0) is 18.2 Å². The van der Waals surface area contributed by atoms with E-state index in [1.165, 1.54) is 0 Å². The van der Waals surface area contributed by atoms with Crippen molar-refractivity contribution in [1.82, 2.24) is 0 Å². The van der Waals surface area contributed by atoms with Gasteiger partial charge in [0.2, 0.25) is 0 Å². The van der Waals surface area contributed by atoms with Crippen LogP contribution in [0.25, 0.3) is 0 Å². The molecule has 0 atom stereocenters. The second-order valence-corrected chi connectivity index (χ2v) is 6.30. The Morgan fingerprint density at radius 2 is 2.11 bits per heavy atom. The fourth-order valence-electron chi connectivity index (χ4n) is 1.50. The zero-order valence-corrected chi connectivity index (χ0v) is 11.9. The smallest absolute Gasteiger partial charge is 0.163 e. The summed E-state index contributed by atoms with van der Waals surface area (Å²) in [6.07, 6.45) is 1.68. The number of anilines is 1. The summed E-state index contributed by atoms with van der Waals surface area (Å²) >= 11 is 1.56. The number of nitrogens with one attached hydrogen (secondary N) is 1. The predicted octanol–water partition coefficient (Wildman–Crippen LogP) is 3.67. The molecule has 0 saturated carbocycles. The SMILES string of the molecule is COc1ccc2c(c1)S/C(=C/C(=O)C(C)(C)C)N2. The molecule has 2 rings (SSSR count). The lowest BCUT2D eigenvalue weighted by Gasteiger charge is -2.13. The molecule has 0 radical (unpaired) electrons. The maximum Gasteiger partial charge on any atom is 0.163 e. The molecule has 3 nitrogen and oxygen atoms in total. The van der Waals surface area contributed by atoms with Gasteiger partial charge in [0.1, 0.15) is 5.75 Å². The van der Waals surface area contributed by atoms with Crippen LogP contribution in [-0.2, 0) is 4.79 Å². The van der Waals surface area contributed by atoms with E-state index in [9.17, 15) is 4.79 Å². The van der Waals surface area contributed by atoms with Crippen molar-refractivity contribution < 1.29 is 9.53 Å². The molecule has 1 aromatic carbocycles. The van der Waals surface area contributed by atoms with Crippen LogP contribution in [0.15, 0.2) is 34.2 Å². The average molecular weight is 263 g/mol. The molecule has 0 unspecified atom stereocenters. The quantitative estimate of drug-likeness (QED) is 0.826. The number of methoxy groups -OCH3 is 1. The number of fused-ring (bicyclic) bond motifs is 1. The summed E-state index contributed by atoms with van der Waals surface area (Å²) < 4.78 is 5.18. The molecule has 1 N–H and O–H groups in total. The van der Waals surface area contributed by atoms with Gasteiger partial charge in [0.05, 0.1) is 17.8 Å². The van der Waals surface area contributed by atoms with Gasteiger partial charge in [0.25, 0.3) is 0 Å². The first kappa shape index (κ1) is 13.0. The molecule has 0 saturated heterocycles. The van der Waals surface area contributed by atoms with Gasteiger partial charge in [-0.15, -0.1) is 0 Å². The summed E-state index contributed by atoms with van der Waals surface area (Å²) in [6, 6.07) is 5.83. The van der Waals surface area contributed by atoms with Gasteiger partial charge < -0.3 is 10.1 Å². The first-order valence-electron chi connectivity index (χ1n) is 5.79. The van der Waals surface area contributed by atoms with Crippen molar-refractivity contribution in [3.05, 3.63) is 29.3 Å². The summed E-state index contributed by atoms with van der Waals surface area (Å²) in [7, 11) is 1.65. The summed E-state index contributed by atoms with van der Waals surface area (Å²) in [5.41, 5.74) is 0.676. The third-order valence-corrected chi connectivity index (χ3v) is 3.67. The Bertz CT molecular complexity index is 515. The van der Waals surface area contributed by atoms with E-state index >= 15 is 0 Å². The maximum atomic E-state index is 11.9. The van der Waals surface area contributed by atoms with Crippen molar-refractivity contribution in [3.63, 3.8) is 0 Å². The van der Waals surface area contributed by atoms with Crippen molar-refractivity contribution in [1.29, 1.82) is 0 Å². The van der Waals surface area contributed by atoms with Crippen LogP contribution in [0.1, 0.15) is 20.8 Å². The average Bonchev–Trinajstić information content (AvgIpc) is 2.68. The van der Waals surface area contributed by atoms with E-state index in [1.54, 1.807) is 24.9 Å². The fraction of sp³-hybridized carbons (Fsp3) is 0.357. The molecule has 1 heterocycles. The molecular formula is C14H17NO2S. The highest BCUT2D eigenvalue weighted by molar-refractivity contribution is 8.03. The highest BCUT2D eigenvalue weighted by Gasteiger charge is 2.22. The van der Waals surface area contributed by atoms with Crippen LogP contribution in [0.5, 0.6) is 5.75 Å². The van der Waals surface area contributed by atoms with Gasteiger partial charge in [0, 0.05) is 16.4 Å². The molecule has 1 aliphatic heterocycles. The molecule has 4 heteroatoms. The molecule has 0 amide bonds. The molecule has 1 aliphatic rings. The molecule has 0 fully saturated rings. The first-order valence-corrected chi connectivity index (χ1v) is 6.61. The van der Waals surface area contributed by atoms with Crippen LogP contribution in [0.4, 0.5) is 5.69 Å². The van der Waals surface area contributed by atoms with E-state index in [1.807, 2.05) is 39.0 Å². The monoisotopic (exact) mass is 263 g/mol. The van der Waals surface area contributed by atoms with E-state index in [0.717, 1.165) is 21.4 Å². The Labute approximate surface area is 112 Å². The number of ether oxygens (including phenoxy) is 1. The van der Waals surface area contributed by atoms with Crippen molar-refractivity contribution in [3.8, 4) is 5.75 Å². The number of rotatable bonds is 2. The molecule has 0 bridgehead atoms. The van der Waals surface area contributed by atoms with Crippen LogP contribution in [-0.4, -0.2) is 12.9 Å². The van der Waals surface area contributed by atoms with E-state index < -0.39 is 0 Å². The third kappa shape index (κ3) is 2.70. The lowest BCUT2D eigenvalue weighted by molar-refractivity contribution is -0.121. The minimum atomic E-state index is -0.346. The zero-order chi connectivity index (χ0) is 13.3. The molecule has 18 heavy (non-hydrogen) atoms. The number of allylic oxidation sites excluding steroid dienone is 1. The minimum Gasteiger partial charge on any atom is -0.497 e. The van der Waals surface area contributed by atoms with Crippen molar-refractivity contribution in [2.75, 3.05) is 12.4 Å². The fourth-order valence-corrected chi connectivity index (χ4v) is 2.46. The van der Waals surface area contributed by atoms with Crippen molar-refractivity contribution in [2.24, 2.45) is 5.41 Å². The Balaban J connectivity index is 2.20. The zero-order valence-electron chi connectivity index (χ0n) is 11.0. The molecule has 0 aliphatic carbocycles. The second kappa shape index (κ2) is 4.69. The number of hydrogen-bond acceptors (Lipinski definition) is 4. The first-order chi connectivity index (χ1) is 8.40. The maximum absolute atomic E-state index is 11.9. The van der Waals surface area contributed by atoms with Crippen molar-refractivity contribution >= 4 is 23.2 Å². The second-order valence-electron chi connectivity index (χ2n) is 5.21.